The van der Waals surface area contributed by atoms with Crippen LogP contribution in [0.3, 0.4) is 0 Å². The maximum atomic E-state index is 5.68. The highest BCUT2D eigenvalue weighted by atomic mass is 79.9. The molecule has 2 aromatic rings. The summed E-state index contributed by atoms with van der Waals surface area (Å²) in [4.78, 5) is 0. The van der Waals surface area contributed by atoms with Gasteiger partial charge in [-0.05, 0) is 65.4 Å². The Bertz CT molecular complexity index is 476. The molecular formula is C14H17BrN2S. The Hall–Kier alpha value is -0.680. The molecule has 0 fully saturated rings. The lowest BCUT2D eigenvalue weighted by atomic mass is 9.99. The van der Waals surface area contributed by atoms with Crippen molar-refractivity contribution in [3.8, 4) is 0 Å². The molecule has 0 aliphatic heterocycles. The van der Waals surface area contributed by atoms with Crippen molar-refractivity contribution in [1.29, 1.82) is 0 Å². The van der Waals surface area contributed by atoms with Crippen LogP contribution in [0.25, 0.3) is 0 Å². The van der Waals surface area contributed by atoms with Gasteiger partial charge in [-0.2, -0.15) is 11.3 Å². The monoisotopic (exact) mass is 324 g/mol. The molecule has 1 aromatic carbocycles. The van der Waals surface area contributed by atoms with Crippen molar-refractivity contribution in [1.82, 2.24) is 5.43 Å². The number of rotatable bonds is 5. The number of thiophene rings is 1. The molecule has 2 rings (SSSR count). The van der Waals surface area contributed by atoms with Crippen molar-refractivity contribution < 1.29 is 0 Å². The average Bonchev–Trinajstić information content (AvgIpc) is 2.81. The van der Waals surface area contributed by atoms with Gasteiger partial charge in [-0.3, -0.25) is 11.3 Å². The number of halogens is 1. The summed E-state index contributed by atoms with van der Waals surface area (Å²) in [6.07, 6.45) is 2.05. The lowest BCUT2D eigenvalue weighted by Gasteiger charge is -2.17. The van der Waals surface area contributed by atoms with E-state index in [2.05, 4.69) is 63.3 Å². The van der Waals surface area contributed by atoms with E-state index in [1.54, 1.807) is 11.3 Å². The first-order valence-electron chi connectivity index (χ1n) is 5.93. The molecule has 18 heavy (non-hydrogen) atoms. The van der Waals surface area contributed by atoms with Crippen molar-refractivity contribution in [2.24, 2.45) is 5.84 Å². The van der Waals surface area contributed by atoms with Gasteiger partial charge in [-0.25, -0.2) is 0 Å². The minimum atomic E-state index is 0.195. The molecule has 0 bridgehead atoms. The summed E-state index contributed by atoms with van der Waals surface area (Å²) >= 11 is 5.27. The van der Waals surface area contributed by atoms with Crippen molar-refractivity contribution >= 4 is 27.3 Å². The SMILES string of the molecule is Cc1cc(Br)cc(C(CCc2ccsc2)NN)c1. The second kappa shape index (κ2) is 6.48. The van der Waals surface area contributed by atoms with Gasteiger partial charge in [-0.1, -0.05) is 22.0 Å². The molecule has 96 valence electrons. The first-order chi connectivity index (χ1) is 8.69. The highest BCUT2D eigenvalue weighted by Gasteiger charge is 2.11. The van der Waals surface area contributed by atoms with Gasteiger partial charge in [-0.15, -0.1) is 0 Å². The van der Waals surface area contributed by atoms with E-state index in [1.165, 1.54) is 16.7 Å². The number of aryl methyl sites for hydroxylation is 2. The molecular weight excluding hydrogens is 308 g/mol. The standard InChI is InChI=1S/C14H17BrN2S/c1-10-6-12(8-13(15)7-10)14(17-16)3-2-11-4-5-18-9-11/h4-9,14,17H,2-3,16H2,1H3. The minimum absolute atomic E-state index is 0.195. The number of nitrogens with two attached hydrogens (primary N) is 1. The quantitative estimate of drug-likeness (QED) is 0.645. The van der Waals surface area contributed by atoms with E-state index in [0.717, 1.165) is 17.3 Å². The van der Waals surface area contributed by atoms with E-state index in [0.29, 0.717) is 0 Å². The van der Waals surface area contributed by atoms with E-state index in [4.69, 9.17) is 5.84 Å². The number of nitrogens with one attached hydrogen (secondary N) is 1. The average molecular weight is 325 g/mol. The lowest BCUT2D eigenvalue weighted by molar-refractivity contribution is 0.516. The molecule has 3 N–H and O–H groups in total. The molecule has 2 nitrogen and oxygen atoms in total. The van der Waals surface area contributed by atoms with Crippen LogP contribution in [0.15, 0.2) is 39.5 Å². The van der Waals surface area contributed by atoms with E-state index < -0.39 is 0 Å². The fraction of sp³-hybridized carbons (Fsp3) is 0.286. The molecule has 0 saturated heterocycles. The molecule has 0 aliphatic rings. The van der Waals surface area contributed by atoms with Gasteiger partial charge >= 0.3 is 0 Å². The number of hydrogen-bond donors (Lipinski definition) is 2. The molecule has 0 aliphatic carbocycles. The summed E-state index contributed by atoms with van der Waals surface area (Å²) in [6, 6.07) is 8.79. The molecule has 1 atom stereocenters. The second-order valence-corrected chi connectivity index (χ2v) is 6.15. The van der Waals surface area contributed by atoms with Gasteiger partial charge in [0.2, 0.25) is 0 Å². The van der Waals surface area contributed by atoms with E-state index in [1.807, 2.05) is 0 Å². The Kier molecular flexibility index (Phi) is 4.95. The van der Waals surface area contributed by atoms with Crippen LogP contribution in [0.2, 0.25) is 0 Å². The van der Waals surface area contributed by atoms with Crippen molar-refractivity contribution in [2.75, 3.05) is 0 Å². The van der Waals surface area contributed by atoms with Crippen LogP contribution in [0.4, 0.5) is 0 Å². The van der Waals surface area contributed by atoms with E-state index in [9.17, 15) is 0 Å². The predicted octanol–water partition coefficient (Wildman–Crippen LogP) is 3.96. The van der Waals surface area contributed by atoms with Crippen LogP contribution in [0, 0.1) is 6.92 Å². The van der Waals surface area contributed by atoms with Gasteiger partial charge in [0.25, 0.3) is 0 Å². The Morgan fingerprint density at radius 2 is 2.22 bits per heavy atom. The number of hydrazine groups is 1. The largest absolute Gasteiger partial charge is 0.271 e. The molecule has 0 amide bonds. The third-order valence-electron chi connectivity index (χ3n) is 2.97. The molecule has 0 saturated carbocycles. The smallest absolute Gasteiger partial charge is 0.0463 e. The Balaban J connectivity index is 2.07. The van der Waals surface area contributed by atoms with Gasteiger partial charge in [0, 0.05) is 10.5 Å². The number of hydrogen-bond acceptors (Lipinski definition) is 3. The Morgan fingerprint density at radius 3 is 2.83 bits per heavy atom. The maximum Gasteiger partial charge on any atom is 0.0463 e. The first-order valence-corrected chi connectivity index (χ1v) is 7.67. The van der Waals surface area contributed by atoms with E-state index >= 15 is 0 Å². The topological polar surface area (TPSA) is 38.0 Å². The van der Waals surface area contributed by atoms with Crippen molar-refractivity contribution in [2.45, 2.75) is 25.8 Å². The fourth-order valence-corrected chi connectivity index (χ4v) is 3.39. The van der Waals surface area contributed by atoms with Crippen LogP contribution < -0.4 is 11.3 Å². The van der Waals surface area contributed by atoms with Gasteiger partial charge < -0.3 is 0 Å². The van der Waals surface area contributed by atoms with Crippen LogP contribution in [-0.4, -0.2) is 0 Å². The summed E-state index contributed by atoms with van der Waals surface area (Å²) < 4.78 is 1.10. The van der Waals surface area contributed by atoms with Crippen LogP contribution in [0.1, 0.15) is 29.2 Å². The van der Waals surface area contributed by atoms with Gasteiger partial charge in [0.05, 0.1) is 0 Å². The van der Waals surface area contributed by atoms with Crippen molar-refractivity contribution in [3.63, 3.8) is 0 Å². The highest BCUT2D eigenvalue weighted by molar-refractivity contribution is 9.10. The Morgan fingerprint density at radius 1 is 1.39 bits per heavy atom. The normalized spacial score (nSPS) is 12.6. The second-order valence-electron chi connectivity index (χ2n) is 4.45. The predicted molar refractivity (Wildman–Crippen MR) is 81.6 cm³/mol. The highest BCUT2D eigenvalue weighted by Crippen LogP contribution is 2.24. The van der Waals surface area contributed by atoms with Crippen molar-refractivity contribution in [3.05, 3.63) is 56.2 Å². The minimum Gasteiger partial charge on any atom is -0.271 e. The molecule has 0 spiro atoms. The zero-order valence-corrected chi connectivity index (χ0v) is 12.7. The third kappa shape index (κ3) is 3.65. The summed E-state index contributed by atoms with van der Waals surface area (Å²) in [5, 5.41) is 4.31. The fourth-order valence-electron chi connectivity index (χ4n) is 2.06. The summed E-state index contributed by atoms with van der Waals surface area (Å²) in [6.45, 7) is 2.10. The molecule has 0 radical (unpaired) electrons. The summed E-state index contributed by atoms with van der Waals surface area (Å²) in [5.74, 6) is 5.68. The molecule has 1 unspecified atom stereocenters. The maximum absolute atomic E-state index is 5.68. The Labute approximate surface area is 120 Å². The molecule has 1 aromatic heterocycles. The summed E-state index contributed by atoms with van der Waals surface area (Å²) in [5.41, 5.74) is 6.78. The molecule has 4 heteroatoms. The van der Waals surface area contributed by atoms with Gasteiger partial charge in [0.1, 0.15) is 0 Å². The van der Waals surface area contributed by atoms with Crippen LogP contribution in [0.5, 0.6) is 0 Å². The van der Waals surface area contributed by atoms with E-state index in [-0.39, 0.29) is 6.04 Å². The zero-order valence-electron chi connectivity index (χ0n) is 10.3. The lowest BCUT2D eigenvalue weighted by Crippen LogP contribution is -2.28. The third-order valence-corrected chi connectivity index (χ3v) is 4.16. The summed E-state index contributed by atoms with van der Waals surface area (Å²) in [7, 11) is 0. The zero-order chi connectivity index (χ0) is 13.0. The molecule has 1 heterocycles. The first kappa shape index (κ1) is 13.7. The van der Waals surface area contributed by atoms with Gasteiger partial charge in [0.15, 0.2) is 0 Å². The number of benzene rings is 1. The van der Waals surface area contributed by atoms with Crippen LogP contribution in [-0.2, 0) is 6.42 Å². The van der Waals surface area contributed by atoms with Crippen LogP contribution >= 0.6 is 27.3 Å².